The molecule has 5 nitrogen and oxygen atoms in total. The van der Waals surface area contributed by atoms with Crippen LogP contribution in [0, 0.1) is 25.2 Å². The van der Waals surface area contributed by atoms with Crippen LogP contribution in [-0.4, -0.2) is 14.4 Å². The number of imidazole rings is 1. The average Bonchev–Trinajstić information content (AvgIpc) is 2.81. The van der Waals surface area contributed by atoms with Crippen molar-refractivity contribution in [2.45, 2.75) is 13.8 Å². The minimum atomic E-state index is -0.367. The number of fused-ring (bicyclic) bond motifs is 1. The van der Waals surface area contributed by atoms with Gasteiger partial charge >= 0.3 is 0 Å². The van der Waals surface area contributed by atoms with Gasteiger partial charge in [-0.05, 0) is 31.5 Å². The van der Waals surface area contributed by atoms with Gasteiger partial charge in [-0.15, -0.1) is 0 Å². The first-order valence-electron chi connectivity index (χ1n) is 6.18. The van der Waals surface area contributed by atoms with Crippen molar-refractivity contribution >= 4 is 5.65 Å². The molecule has 20 heavy (non-hydrogen) atoms. The lowest BCUT2D eigenvalue weighted by molar-refractivity contribution is 1.13. The van der Waals surface area contributed by atoms with E-state index in [2.05, 4.69) is 9.97 Å². The number of pyridine rings is 2. The number of aromatic nitrogens is 3. The Balaban J connectivity index is 2.25. The Morgan fingerprint density at radius 1 is 1.30 bits per heavy atom. The molecule has 1 N–H and O–H groups in total. The van der Waals surface area contributed by atoms with Gasteiger partial charge in [0.1, 0.15) is 17.3 Å². The highest BCUT2D eigenvalue weighted by Gasteiger charge is 2.11. The summed E-state index contributed by atoms with van der Waals surface area (Å²) in [4.78, 5) is 18.8. The fourth-order valence-electron chi connectivity index (χ4n) is 2.20. The Kier molecular flexibility index (Phi) is 2.65. The molecule has 0 unspecified atom stereocenters. The average molecular weight is 264 g/mol. The highest BCUT2D eigenvalue weighted by Crippen LogP contribution is 2.21. The van der Waals surface area contributed by atoms with Crippen LogP contribution >= 0.6 is 0 Å². The van der Waals surface area contributed by atoms with E-state index in [1.54, 1.807) is 13.0 Å². The Bertz CT molecular complexity index is 912. The lowest BCUT2D eigenvalue weighted by atomic mass is 10.1. The Morgan fingerprint density at radius 2 is 2.10 bits per heavy atom. The van der Waals surface area contributed by atoms with Crippen LogP contribution in [0.1, 0.15) is 16.8 Å². The molecule has 0 saturated heterocycles. The van der Waals surface area contributed by atoms with E-state index in [0.29, 0.717) is 5.69 Å². The molecule has 0 aromatic carbocycles. The van der Waals surface area contributed by atoms with Gasteiger partial charge in [-0.2, -0.15) is 5.26 Å². The Morgan fingerprint density at radius 3 is 2.85 bits per heavy atom. The minimum Gasteiger partial charge on any atom is -0.325 e. The summed E-state index contributed by atoms with van der Waals surface area (Å²) >= 11 is 0. The van der Waals surface area contributed by atoms with Gasteiger partial charge in [0, 0.05) is 23.7 Å². The number of rotatable bonds is 1. The summed E-state index contributed by atoms with van der Waals surface area (Å²) in [7, 11) is 0. The molecule has 98 valence electrons. The first-order valence-corrected chi connectivity index (χ1v) is 6.18. The third-order valence-electron chi connectivity index (χ3n) is 3.23. The van der Waals surface area contributed by atoms with Crippen molar-refractivity contribution in [3.05, 3.63) is 57.8 Å². The van der Waals surface area contributed by atoms with Crippen molar-refractivity contribution in [3.8, 4) is 17.3 Å². The second-order valence-electron chi connectivity index (χ2n) is 4.76. The van der Waals surface area contributed by atoms with Crippen LogP contribution in [0.25, 0.3) is 16.9 Å². The van der Waals surface area contributed by atoms with Crippen LogP contribution in [0.4, 0.5) is 0 Å². The number of aryl methyl sites for hydroxylation is 2. The Labute approximate surface area is 115 Å². The van der Waals surface area contributed by atoms with Crippen molar-refractivity contribution < 1.29 is 0 Å². The van der Waals surface area contributed by atoms with E-state index in [4.69, 9.17) is 5.26 Å². The zero-order chi connectivity index (χ0) is 14.3. The molecule has 0 atom stereocenters. The minimum absolute atomic E-state index is 0.0961. The zero-order valence-electron chi connectivity index (χ0n) is 11.1. The highest BCUT2D eigenvalue weighted by atomic mass is 16.1. The van der Waals surface area contributed by atoms with Crippen LogP contribution in [0.15, 0.2) is 35.4 Å². The molecule has 0 aliphatic carbocycles. The third-order valence-corrected chi connectivity index (χ3v) is 3.23. The molecular formula is C15H12N4O. The molecule has 0 aliphatic rings. The van der Waals surface area contributed by atoms with Crippen molar-refractivity contribution in [1.82, 2.24) is 14.4 Å². The standard InChI is InChI=1S/C15H12N4O/c1-9-3-4-14-18-13(8-19(14)7-9)12-5-11(6-16)15(20)17-10(12)2/h3-5,7-8H,1-2H3,(H,17,20). The van der Waals surface area contributed by atoms with Gasteiger partial charge in [-0.3, -0.25) is 4.79 Å². The molecule has 0 fully saturated rings. The normalized spacial score (nSPS) is 10.7. The van der Waals surface area contributed by atoms with Crippen molar-refractivity contribution in [3.63, 3.8) is 0 Å². The molecule has 3 aromatic heterocycles. The van der Waals surface area contributed by atoms with Crippen LogP contribution in [0.2, 0.25) is 0 Å². The first-order chi connectivity index (χ1) is 9.58. The highest BCUT2D eigenvalue weighted by molar-refractivity contribution is 5.66. The van der Waals surface area contributed by atoms with Crippen LogP contribution in [0.3, 0.4) is 0 Å². The predicted molar refractivity (Wildman–Crippen MR) is 75.4 cm³/mol. The smallest absolute Gasteiger partial charge is 0.266 e. The van der Waals surface area contributed by atoms with Gasteiger partial charge < -0.3 is 9.38 Å². The molecule has 3 heterocycles. The summed E-state index contributed by atoms with van der Waals surface area (Å²) < 4.78 is 1.93. The first kappa shape index (κ1) is 12.2. The van der Waals surface area contributed by atoms with Crippen LogP contribution in [0.5, 0.6) is 0 Å². The van der Waals surface area contributed by atoms with Gasteiger partial charge in [0.25, 0.3) is 5.56 Å². The Hall–Kier alpha value is -2.87. The molecule has 3 aromatic rings. The van der Waals surface area contributed by atoms with E-state index >= 15 is 0 Å². The number of nitriles is 1. The summed E-state index contributed by atoms with van der Waals surface area (Å²) in [6.07, 6.45) is 3.88. The number of nitrogens with one attached hydrogen (secondary N) is 1. The number of H-pyrrole nitrogens is 1. The molecular weight excluding hydrogens is 252 g/mol. The van der Waals surface area contributed by atoms with E-state index in [9.17, 15) is 4.79 Å². The van der Waals surface area contributed by atoms with E-state index < -0.39 is 0 Å². The van der Waals surface area contributed by atoms with E-state index in [1.807, 2.05) is 41.9 Å². The second kappa shape index (κ2) is 4.35. The van der Waals surface area contributed by atoms with Crippen LogP contribution in [-0.2, 0) is 0 Å². The number of hydrogen-bond donors (Lipinski definition) is 1. The fourth-order valence-corrected chi connectivity index (χ4v) is 2.20. The monoisotopic (exact) mass is 264 g/mol. The maximum Gasteiger partial charge on any atom is 0.266 e. The zero-order valence-corrected chi connectivity index (χ0v) is 11.1. The van der Waals surface area contributed by atoms with Gasteiger partial charge in [-0.25, -0.2) is 4.98 Å². The summed E-state index contributed by atoms with van der Waals surface area (Å²) in [6, 6.07) is 7.41. The topological polar surface area (TPSA) is 73.9 Å². The van der Waals surface area contributed by atoms with Crippen molar-refractivity contribution in [2.75, 3.05) is 0 Å². The van der Waals surface area contributed by atoms with Crippen LogP contribution < -0.4 is 5.56 Å². The molecule has 0 bridgehead atoms. The molecule has 0 saturated carbocycles. The summed E-state index contributed by atoms with van der Waals surface area (Å²) in [5, 5.41) is 8.96. The van der Waals surface area contributed by atoms with E-state index in [-0.39, 0.29) is 11.1 Å². The number of hydrogen-bond acceptors (Lipinski definition) is 3. The van der Waals surface area contributed by atoms with Crippen molar-refractivity contribution in [2.24, 2.45) is 0 Å². The summed E-state index contributed by atoms with van der Waals surface area (Å²) in [5.74, 6) is 0. The lowest BCUT2D eigenvalue weighted by Crippen LogP contribution is -2.11. The maximum absolute atomic E-state index is 11.6. The fraction of sp³-hybridized carbons (Fsp3) is 0.133. The number of aromatic amines is 1. The predicted octanol–water partition coefficient (Wildman–Crippen LogP) is 2.18. The quantitative estimate of drug-likeness (QED) is 0.732. The SMILES string of the molecule is Cc1ccc2nc(-c3cc(C#N)c(=O)[nH]c3C)cn2c1. The van der Waals surface area contributed by atoms with Gasteiger partial charge in [0.15, 0.2) is 0 Å². The second-order valence-corrected chi connectivity index (χ2v) is 4.76. The van der Waals surface area contributed by atoms with E-state index in [1.165, 1.54) is 0 Å². The summed E-state index contributed by atoms with van der Waals surface area (Å²) in [6.45, 7) is 3.81. The van der Waals surface area contributed by atoms with Gasteiger partial charge in [0.05, 0.1) is 5.69 Å². The molecule has 0 aliphatic heterocycles. The number of nitrogens with zero attached hydrogens (tertiary/aromatic N) is 3. The molecule has 5 heteroatoms. The molecule has 0 spiro atoms. The molecule has 0 amide bonds. The van der Waals surface area contributed by atoms with Gasteiger partial charge in [-0.1, -0.05) is 6.07 Å². The maximum atomic E-state index is 11.6. The van der Waals surface area contributed by atoms with E-state index in [0.717, 1.165) is 22.5 Å². The summed E-state index contributed by atoms with van der Waals surface area (Å²) in [5.41, 5.74) is 3.90. The largest absolute Gasteiger partial charge is 0.325 e. The lowest BCUT2D eigenvalue weighted by Gasteiger charge is -2.02. The van der Waals surface area contributed by atoms with Gasteiger partial charge in [0.2, 0.25) is 0 Å². The molecule has 3 rings (SSSR count). The molecule has 0 radical (unpaired) electrons. The van der Waals surface area contributed by atoms with Crippen molar-refractivity contribution in [1.29, 1.82) is 5.26 Å². The third kappa shape index (κ3) is 1.88.